The molecule has 1 fully saturated rings. The van der Waals surface area contributed by atoms with Crippen molar-refractivity contribution in [3.05, 3.63) is 58.2 Å². The van der Waals surface area contributed by atoms with Crippen LogP contribution in [0.2, 0.25) is 0 Å². The van der Waals surface area contributed by atoms with Gasteiger partial charge in [0.1, 0.15) is 15.7 Å². The molecule has 0 bridgehead atoms. The van der Waals surface area contributed by atoms with Gasteiger partial charge in [-0.05, 0) is 53.9 Å². The van der Waals surface area contributed by atoms with Gasteiger partial charge in [0, 0.05) is 28.6 Å². The number of benzene rings is 1. The molecule has 0 radical (unpaired) electrons. The zero-order valence-electron chi connectivity index (χ0n) is 21.7. The smallest absolute Gasteiger partial charge is 0.244 e. The topological polar surface area (TPSA) is 96.5 Å². The first-order chi connectivity index (χ1) is 17.0. The Morgan fingerprint density at radius 1 is 1.08 bits per heavy atom. The molecule has 1 saturated heterocycles. The lowest BCUT2D eigenvalue weighted by Crippen LogP contribution is -2.36. The van der Waals surface area contributed by atoms with Crippen molar-refractivity contribution < 1.29 is 13.2 Å². The minimum absolute atomic E-state index is 0.0196. The second kappa shape index (κ2) is 10.9. The maximum absolute atomic E-state index is 13.6. The van der Waals surface area contributed by atoms with Gasteiger partial charge in [-0.25, -0.2) is 23.1 Å². The number of hydrogen-bond acceptors (Lipinski definition) is 8. The number of hydrogen-bond donors (Lipinski definition) is 2. The highest BCUT2D eigenvalue weighted by atomic mass is 32.2. The highest BCUT2D eigenvalue weighted by molar-refractivity contribution is 7.89. The summed E-state index contributed by atoms with van der Waals surface area (Å²) in [6.45, 7) is 9.65. The summed E-state index contributed by atoms with van der Waals surface area (Å²) in [5.41, 5.74) is 3.77. The Morgan fingerprint density at radius 3 is 2.50 bits per heavy atom. The van der Waals surface area contributed by atoms with E-state index in [4.69, 9.17) is 9.72 Å². The van der Waals surface area contributed by atoms with Gasteiger partial charge in [0.25, 0.3) is 0 Å². The number of nitrogens with zero attached hydrogens (tertiary/aromatic N) is 3. The van der Waals surface area contributed by atoms with Crippen LogP contribution in [-0.2, 0) is 14.8 Å². The third-order valence-corrected chi connectivity index (χ3v) is 9.22. The standard InChI is InChI=1S/C26H35N5O3S2/c1-16-7-10-20(11-8-16)26-28-18(3)24(35-26)19(4)30-36(32,33)23-12-9-17(2)27-25(23)29-22-15-34-14-21(22)13-31(5)6/h7-12,19,21-22,30H,13-15H2,1-6H3,(H,27,29)/t19?,21-,22-/m1/s1. The number of anilines is 1. The predicted octanol–water partition coefficient (Wildman–Crippen LogP) is 4.16. The fraction of sp³-hybridized carbons (Fsp3) is 0.462. The monoisotopic (exact) mass is 529 g/mol. The summed E-state index contributed by atoms with van der Waals surface area (Å²) in [5, 5.41) is 4.25. The molecule has 2 aromatic heterocycles. The van der Waals surface area contributed by atoms with E-state index in [0.29, 0.717) is 19.0 Å². The Morgan fingerprint density at radius 2 is 1.81 bits per heavy atom. The van der Waals surface area contributed by atoms with Crippen LogP contribution < -0.4 is 10.0 Å². The van der Waals surface area contributed by atoms with Crippen LogP contribution in [0.25, 0.3) is 10.6 Å². The van der Waals surface area contributed by atoms with Crippen molar-refractivity contribution in [2.45, 2.75) is 44.7 Å². The van der Waals surface area contributed by atoms with Crippen molar-refractivity contribution in [3.63, 3.8) is 0 Å². The summed E-state index contributed by atoms with van der Waals surface area (Å²) in [7, 11) is 0.180. The number of aromatic nitrogens is 2. The van der Waals surface area contributed by atoms with E-state index < -0.39 is 16.1 Å². The molecule has 1 aromatic carbocycles. The number of aryl methyl sites for hydroxylation is 3. The Kier molecular flexibility index (Phi) is 8.11. The van der Waals surface area contributed by atoms with Gasteiger partial charge in [-0.2, -0.15) is 0 Å². The summed E-state index contributed by atoms with van der Waals surface area (Å²) in [6.07, 6.45) is 0. The summed E-state index contributed by atoms with van der Waals surface area (Å²) >= 11 is 1.51. The van der Waals surface area contributed by atoms with Crippen molar-refractivity contribution in [2.24, 2.45) is 5.92 Å². The molecular formula is C26H35N5O3S2. The Balaban J connectivity index is 1.56. The molecule has 2 N–H and O–H groups in total. The fourth-order valence-electron chi connectivity index (χ4n) is 4.43. The second-order valence-electron chi connectivity index (χ2n) is 9.79. The van der Waals surface area contributed by atoms with E-state index in [1.165, 1.54) is 16.9 Å². The molecule has 3 heterocycles. The minimum Gasteiger partial charge on any atom is -0.379 e. The van der Waals surface area contributed by atoms with Crippen molar-refractivity contribution in [3.8, 4) is 10.6 Å². The zero-order valence-corrected chi connectivity index (χ0v) is 23.3. The summed E-state index contributed by atoms with van der Waals surface area (Å²) in [5.74, 6) is 0.597. The van der Waals surface area contributed by atoms with Crippen molar-refractivity contribution in [2.75, 3.05) is 39.2 Å². The first kappa shape index (κ1) is 26.7. The van der Waals surface area contributed by atoms with E-state index >= 15 is 0 Å². The first-order valence-corrected chi connectivity index (χ1v) is 14.4. The first-order valence-electron chi connectivity index (χ1n) is 12.1. The van der Waals surface area contributed by atoms with Gasteiger partial charge in [0.2, 0.25) is 10.0 Å². The van der Waals surface area contributed by atoms with Crippen molar-refractivity contribution >= 4 is 27.2 Å². The quantitative estimate of drug-likeness (QED) is 0.430. The van der Waals surface area contributed by atoms with Gasteiger partial charge in [0.15, 0.2) is 0 Å². The van der Waals surface area contributed by atoms with Crippen LogP contribution in [0.15, 0.2) is 41.3 Å². The van der Waals surface area contributed by atoms with E-state index in [2.05, 4.69) is 32.1 Å². The van der Waals surface area contributed by atoms with Crippen LogP contribution in [0.5, 0.6) is 0 Å². The average molecular weight is 530 g/mol. The Bertz CT molecular complexity index is 1310. The Hall–Kier alpha value is -2.37. The number of thiazole rings is 1. The number of rotatable bonds is 9. The van der Waals surface area contributed by atoms with E-state index in [9.17, 15) is 8.42 Å². The molecule has 0 saturated carbocycles. The fourth-order valence-corrected chi connectivity index (χ4v) is 6.89. The van der Waals surface area contributed by atoms with E-state index in [-0.39, 0.29) is 16.9 Å². The van der Waals surface area contributed by atoms with Gasteiger partial charge in [-0.3, -0.25) is 0 Å². The molecule has 0 aliphatic carbocycles. The third-order valence-electron chi connectivity index (χ3n) is 6.26. The van der Waals surface area contributed by atoms with E-state index in [1.807, 2.05) is 53.9 Å². The molecule has 0 amide bonds. The average Bonchev–Trinajstić information content (AvgIpc) is 3.39. The maximum Gasteiger partial charge on any atom is 0.244 e. The lowest BCUT2D eigenvalue weighted by Gasteiger charge is -2.24. The molecular weight excluding hydrogens is 494 g/mol. The molecule has 194 valence electrons. The second-order valence-corrected chi connectivity index (χ2v) is 12.5. The van der Waals surface area contributed by atoms with Gasteiger partial charge >= 0.3 is 0 Å². The normalized spacial score (nSPS) is 19.1. The number of nitrogens with one attached hydrogen (secondary N) is 2. The Labute approximate surface area is 218 Å². The zero-order chi connectivity index (χ0) is 26.0. The molecule has 0 spiro atoms. The maximum atomic E-state index is 13.6. The van der Waals surface area contributed by atoms with Gasteiger partial charge in [-0.15, -0.1) is 11.3 Å². The van der Waals surface area contributed by atoms with Crippen LogP contribution in [0.1, 0.15) is 34.8 Å². The molecule has 36 heavy (non-hydrogen) atoms. The van der Waals surface area contributed by atoms with Crippen LogP contribution in [0, 0.1) is 26.7 Å². The largest absolute Gasteiger partial charge is 0.379 e. The number of sulfonamides is 1. The summed E-state index contributed by atoms with van der Waals surface area (Å²) in [4.78, 5) is 12.4. The lowest BCUT2D eigenvalue weighted by molar-refractivity contribution is 0.177. The lowest BCUT2D eigenvalue weighted by atomic mass is 10.0. The molecule has 8 nitrogen and oxygen atoms in total. The van der Waals surface area contributed by atoms with Crippen molar-refractivity contribution in [1.29, 1.82) is 0 Å². The highest BCUT2D eigenvalue weighted by Crippen LogP contribution is 2.33. The predicted molar refractivity (Wildman–Crippen MR) is 145 cm³/mol. The van der Waals surface area contributed by atoms with Crippen LogP contribution in [-0.4, -0.2) is 63.2 Å². The molecule has 1 unspecified atom stereocenters. The van der Waals surface area contributed by atoms with Crippen molar-refractivity contribution in [1.82, 2.24) is 19.6 Å². The van der Waals surface area contributed by atoms with Crippen LogP contribution in [0.4, 0.5) is 5.82 Å². The molecule has 4 rings (SSSR count). The SMILES string of the molecule is Cc1ccc(-c2nc(C)c(C(C)NS(=O)(=O)c3ccc(C)nc3N[C@@H]3COC[C@H]3CN(C)C)s2)cc1. The van der Waals surface area contributed by atoms with E-state index in [1.54, 1.807) is 12.1 Å². The molecule has 1 aliphatic rings. The van der Waals surface area contributed by atoms with Gasteiger partial charge in [-0.1, -0.05) is 29.8 Å². The molecule has 10 heteroatoms. The number of ether oxygens (including phenoxy) is 1. The van der Waals surface area contributed by atoms with Gasteiger partial charge in [0.05, 0.1) is 31.0 Å². The molecule has 3 aromatic rings. The molecule has 3 atom stereocenters. The third kappa shape index (κ3) is 6.12. The number of pyridine rings is 1. The van der Waals surface area contributed by atoms with Crippen LogP contribution >= 0.6 is 11.3 Å². The summed E-state index contributed by atoms with van der Waals surface area (Å²) in [6, 6.07) is 11.1. The van der Waals surface area contributed by atoms with Gasteiger partial charge < -0.3 is 15.0 Å². The highest BCUT2D eigenvalue weighted by Gasteiger charge is 2.32. The molecule has 1 aliphatic heterocycles. The minimum atomic E-state index is -3.86. The van der Waals surface area contributed by atoms with Crippen LogP contribution in [0.3, 0.4) is 0 Å². The van der Waals surface area contributed by atoms with E-state index in [0.717, 1.165) is 33.4 Å². The summed E-state index contributed by atoms with van der Waals surface area (Å²) < 4.78 is 35.7.